The molecule has 0 amide bonds. The van der Waals surface area contributed by atoms with Crippen molar-refractivity contribution in [3.05, 3.63) is 23.4 Å². The van der Waals surface area contributed by atoms with Gasteiger partial charge in [-0.05, 0) is 18.6 Å². The summed E-state index contributed by atoms with van der Waals surface area (Å²) < 4.78 is 0. The molecule has 0 unspecified atom stereocenters. The fourth-order valence-corrected chi connectivity index (χ4v) is 0.780. The molecule has 1 aliphatic carbocycles. The zero-order chi connectivity index (χ0) is 7.72. The Labute approximate surface area is 58.7 Å². The molecule has 52 valence electrons. The smallest absolute Gasteiger partial charge is 0.181 e. The van der Waals surface area contributed by atoms with Crippen molar-refractivity contribution in [2.45, 2.75) is 6.92 Å². The Hall–Kier alpha value is -1.38. The van der Waals surface area contributed by atoms with Crippen molar-refractivity contribution >= 4 is 11.5 Å². The molecule has 0 saturated carbocycles. The van der Waals surface area contributed by atoms with Gasteiger partial charge in [0.2, 0.25) is 0 Å². The van der Waals surface area contributed by atoms with E-state index >= 15 is 0 Å². The van der Waals surface area contributed by atoms with Gasteiger partial charge in [0, 0.05) is 6.08 Å². The van der Waals surface area contributed by atoms with Gasteiger partial charge >= 0.3 is 0 Å². The average molecular weight is 136 g/mol. The number of nitrogens with two attached hydrogens (primary N) is 1. The van der Waals surface area contributed by atoms with Crippen molar-refractivity contribution in [1.82, 2.24) is 0 Å². The Balaban J connectivity index is 3.05. The minimum atomic E-state index is -0.133. The molecule has 3 nitrogen and oxygen atoms in total. The number of hydrogen-bond acceptors (Lipinski definition) is 3. The largest absolute Gasteiger partial charge is 0.397 e. The molecule has 0 spiro atoms. The second-order valence-electron chi connectivity index (χ2n) is 2.20. The van der Waals surface area contributed by atoms with E-state index in [0.717, 1.165) is 0 Å². The van der Waals surface area contributed by atoms with Gasteiger partial charge < -0.3 is 5.73 Å². The minimum Gasteiger partial charge on any atom is -0.397 e. The van der Waals surface area contributed by atoms with Crippen molar-refractivity contribution in [2.24, 2.45) is 5.73 Å². The van der Waals surface area contributed by atoms with Gasteiger partial charge in [0.15, 0.2) is 5.78 Å². The highest BCUT2D eigenvalue weighted by atomic mass is 16.1. The van der Waals surface area contributed by atoms with Crippen molar-refractivity contribution in [2.75, 3.05) is 0 Å². The third-order valence-corrected chi connectivity index (χ3v) is 1.34. The van der Waals surface area contributed by atoms with E-state index in [1.54, 1.807) is 6.92 Å². The van der Waals surface area contributed by atoms with Gasteiger partial charge in [-0.1, -0.05) is 0 Å². The van der Waals surface area contributed by atoms with Gasteiger partial charge in [-0.3, -0.25) is 10.2 Å². The molecule has 0 aliphatic heterocycles. The normalized spacial score (nSPS) is 18.5. The maximum atomic E-state index is 10.7. The number of allylic oxidation sites excluding steroid dienone is 3. The van der Waals surface area contributed by atoms with Crippen LogP contribution in [0.15, 0.2) is 23.4 Å². The van der Waals surface area contributed by atoms with E-state index in [0.29, 0.717) is 5.57 Å². The van der Waals surface area contributed by atoms with E-state index in [4.69, 9.17) is 11.1 Å². The Morgan fingerprint density at radius 2 is 2.10 bits per heavy atom. The molecular formula is C7H8N2O. The minimum absolute atomic E-state index is 0.133. The molecule has 3 N–H and O–H groups in total. The monoisotopic (exact) mass is 136 g/mol. The molecule has 1 aliphatic rings. The van der Waals surface area contributed by atoms with Crippen LogP contribution in [0.4, 0.5) is 0 Å². The quantitative estimate of drug-likeness (QED) is 0.473. The molecule has 0 radical (unpaired) electrons. The molecule has 0 aromatic heterocycles. The Kier molecular flexibility index (Phi) is 1.41. The van der Waals surface area contributed by atoms with Gasteiger partial charge in [-0.15, -0.1) is 0 Å². The molecule has 0 aromatic carbocycles. The van der Waals surface area contributed by atoms with E-state index in [-0.39, 0.29) is 17.2 Å². The van der Waals surface area contributed by atoms with E-state index in [9.17, 15) is 4.79 Å². The van der Waals surface area contributed by atoms with Crippen LogP contribution < -0.4 is 5.73 Å². The lowest BCUT2D eigenvalue weighted by Gasteiger charge is -2.07. The van der Waals surface area contributed by atoms with Crippen LogP contribution in [-0.2, 0) is 4.79 Å². The zero-order valence-electron chi connectivity index (χ0n) is 5.64. The SMILES string of the molecule is CC1=CC(=O)C=C(N)C1=N. The standard InChI is InChI=1S/C7H8N2O/c1-4-2-5(10)3-6(8)7(4)9/h2-3,9H,8H2,1H3. The van der Waals surface area contributed by atoms with E-state index < -0.39 is 0 Å². The van der Waals surface area contributed by atoms with Crippen molar-refractivity contribution in [3.8, 4) is 0 Å². The number of carbonyl (C=O) groups is 1. The Bertz CT molecular complexity index is 237. The summed E-state index contributed by atoms with van der Waals surface area (Å²) in [6, 6.07) is 0. The summed E-state index contributed by atoms with van der Waals surface area (Å²) in [4.78, 5) is 10.7. The molecule has 3 heteroatoms. The maximum absolute atomic E-state index is 10.7. The Morgan fingerprint density at radius 1 is 1.50 bits per heavy atom. The molecule has 0 atom stereocenters. The predicted molar refractivity (Wildman–Crippen MR) is 38.8 cm³/mol. The molecular weight excluding hydrogens is 128 g/mol. The number of hydrogen-bond donors (Lipinski definition) is 2. The lowest BCUT2D eigenvalue weighted by Crippen LogP contribution is -2.17. The number of carbonyl (C=O) groups excluding carboxylic acids is 1. The van der Waals surface area contributed by atoms with Gasteiger partial charge in [0.05, 0.1) is 11.4 Å². The van der Waals surface area contributed by atoms with Gasteiger partial charge in [-0.2, -0.15) is 0 Å². The molecule has 0 saturated heterocycles. The third-order valence-electron chi connectivity index (χ3n) is 1.34. The second kappa shape index (κ2) is 2.10. The molecule has 0 fully saturated rings. The number of nitrogens with one attached hydrogen (secondary N) is 1. The lowest BCUT2D eigenvalue weighted by molar-refractivity contribution is -0.110. The highest BCUT2D eigenvalue weighted by Crippen LogP contribution is 2.07. The fourth-order valence-electron chi connectivity index (χ4n) is 0.780. The number of rotatable bonds is 0. The first-order valence-electron chi connectivity index (χ1n) is 2.90. The first-order chi connectivity index (χ1) is 4.61. The first-order valence-corrected chi connectivity index (χ1v) is 2.90. The zero-order valence-corrected chi connectivity index (χ0v) is 5.64. The van der Waals surface area contributed by atoms with Crippen LogP contribution >= 0.6 is 0 Å². The van der Waals surface area contributed by atoms with Crippen LogP contribution in [-0.4, -0.2) is 11.5 Å². The maximum Gasteiger partial charge on any atom is 0.181 e. The summed E-state index contributed by atoms with van der Waals surface area (Å²) in [6.07, 6.45) is 2.66. The van der Waals surface area contributed by atoms with E-state index in [2.05, 4.69) is 0 Å². The topological polar surface area (TPSA) is 66.9 Å². The number of ketones is 1. The third kappa shape index (κ3) is 0.978. The van der Waals surface area contributed by atoms with Crippen molar-refractivity contribution in [1.29, 1.82) is 5.41 Å². The van der Waals surface area contributed by atoms with Gasteiger partial charge in [0.1, 0.15) is 0 Å². The van der Waals surface area contributed by atoms with E-state index in [1.165, 1.54) is 12.2 Å². The fraction of sp³-hybridized carbons (Fsp3) is 0.143. The average Bonchev–Trinajstić information content (AvgIpc) is 1.82. The molecule has 0 heterocycles. The summed E-state index contributed by atoms with van der Waals surface area (Å²) in [5.41, 5.74) is 6.47. The summed E-state index contributed by atoms with van der Waals surface area (Å²) in [5, 5.41) is 7.28. The summed E-state index contributed by atoms with van der Waals surface area (Å²) >= 11 is 0. The summed E-state index contributed by atoms with van der Waals surface area (Å²) in [6.45, 7) is 1.69. The Morgan fingerprint density at radius 3 is 2.60 bits per heavy atom. The van der Waals surface area contributed by atoms with Crippen LogP contribution in [0.1, 0.15) is 6.92 Å². The highest BCUT2D eigenvalue weighted by Gasteiger charge is 2.10. The van der Waals surface area contributed by atoms with Crippen molar-refractivity contribution < 1.29 is 4.79 Å². The first kappa shape index (κ1) is 6.74. The van der Waals surface area contributed by atoms with Gasteiger partial charge in [-0.25, -0.2) is 0 Å². The highest BCUT2D eigenvalue weighted by molar-refractivity contribution is 6.20. The second-order valence-corrected chi connectivity index (χ2v) is 2.20. The van der Waals surface area contributed by atoms with Crippen molar-refractivity contribution in [3.63, 3.8) is 0 Å². The van der Waals surface area contributed by atoms with E-state index in [1.807, 2.05) is 0 Å². The van der Waals surface area contributed by atoms with Crippen LogP contribution in [0.5, 0.6) is 0 Å². The molecule has 0 aromatic rings. The summed E-state index contributed by atoms with van der Waals surface area (Å²) in [5.74, 6) is -0.133. The molecule has 0 bridgehead atoms. The van der Waals surface area contributed by atoms with Crippen LogP contribution in [0, 0.1) is 5.41 Å². The summed E-state index contributed by atoms with van der Waals surface area (Å²) in [7, 11) is 0. The molecule has 1 rings (SSSR count). The van der Waals surface area contributed by atoms with Gasteiger partial charge in [0.25, 0.3) is 0 Å². The van der Waals surface area contributed by atoms with Crippen LogP contribution in [0.3, 0.4) is 0 Å². The van der Waals surface area contributed by atoms with Crippen LogP contribution in [0.25, 0.3) is 0 Å². The molecule has 10 heavy (non-hydrogen) atoms. The lowest BCUT2D eigenvalue weighted by atomic mass is 10.0. The van der Waals surface area contributed by atoms with Crippen LogP contribution in [0.2, 0.25) is 0 Å². The predicted octanol–water partition coefficient (Wildman–Crippen LogP) is 0.378.